The lowest BCUT2D eigenvalue weighted by Crippen LogP contribution is -2.32. The van der Waals surface area contributed by atoms with E-state index in [0.29, 0.717) is 37.4 Å². The van der Waals surface area contributed by atoms with E-state index in [2.05, 4.69) is 5.10 Å². The molecule has 3 aromatic rings. The van der Waals surface area contributed by atoms with Gasteiger partial charge in [0.25, 0.3) is 11.5 Å². The molecule has 0 atom stereocenters. The van der Waals surface area contributed by atoms with Crippen LogP contribution in [0.5, 0.6) is 0 Å². The number of hydrogen-bond donors (Lipinski definition) is 0. The van der Waals surface area contributed by atoms with Crippen molar-refractivity contribution in [2.45, 2.75) is 25.2 Å². The number of fused-ring (bicyclic) bond motifs is 1. The van der Waals surface area contributed by atoms with Gasteiger partial charge < -0.3 is 4.90 Å². The van der Waals surface area contributed by atoms with Gasteiger partial charge in [0, 0.05) is 31.4 Å². The van der Waals surface area contributed by atoms with E-state index in [1.807, 2.05) is 6.07 Å². The number of carbonyl (C=O) groups is 1. The molecule has 9 heteroatoms. The summed E-state index contributed by atoms with van der Waals surface area (Å²) in [6, 6.07) is 16.5. The molecule has 1 amide bonds. The third-order valence-corrected chi connectivity index (χ3v) is 7.60. The molecule has 0 spiro atoms. The number of hydrogen-bond acceptors (Lipinski definition) is 5. The maximum atomic E-state index is 13.2. The fraction of sp³-hybridized carbons (Fsp3) is 0.261. The van der Waals surface area contributed by atoms with Crippen LogP contribution in [-0.4, -0.2) is 48.0 Å². The van der Waals surface area contributed by atoms with Crippen molar-refractivity contribution in [2.24, 2.45) is 0 Å². The number of nitrogens with zero attached hydrogens (tertiary/aromatic N) is 4. The topological polar surface area (TPSA) is 92.6 Å². The Morgan fingerprint density at radius 2 is 1.75 bits per heavy atom. The molecule has 8 nitrogen and oxygen atoms in total. The van der Waals surface area contributed by atoms with Gasteiger partial charge in [-0.3, -0.25) is 9.59 Å². The van der Waals surface area contributed by atoms with Crippen LogP contribution in [-0.2, 0) is 16.4 Å². The lowest BCUT2D eigenvalue weighted by Gasteiger charge is -2.20. The van der Waals surface area contributed by atoms with Crippen molar-refractivity contribution < 1.29 is 13.2 Å². The number of para-hydroxylation sites is 1. The van der Waals surface area contributed by atoms with E-state index in [1.165, 1.54) is 27.2 Å². The molecule has 2 heterocycles. The van der Waals surface area contributed by atoms with Crippen LogP contribution < -0.4 is 10.5 Å². The average Bonchev–Trinajstić information content (AvgIpc) is 3.23. The minimum absolute atomic E-state index is 0.140. The van der Waals surface area contributed by atoms with Crippen LogP contribution in [0.3, 0.4) is 0 Å². The second kappa shape index (κ2) is 8.68. The summed E-state index contributed by atoms with van der Waals surface area (Å²) in [5, 5.41) is 4.27. The van der Waals surface area contributed by atoms with Crippen LogP contribution in [0.1, 0.15) is 29.9 Å². The maximum absolute atomic E-state index is 13.2. The summed E-state index contributed by atoms with van der Waals surface area (Å²) >= 11 is 0. The summed E-state index contributed by atoms with van der Waals surface area (Å²) in [7, 11) is -3.57. The number of aromatic nitrogens is 2. The Hall–Kier alpha value is -3.30. The molecule has 1 aliphatic heterocycles. The highest BCUT2D eigenvalue weighted by atomic mass is 32.2. The van der Waals surface area contributed by atoms with E-state index in [-0.39, 0.29) is 22.1 Å². The zero-order chi connectivity index (χ0) is 22.9. The molecule has 1 aromatic heterocycles. The van der Waals surface area contributed by atoms with Crippen molar-refractivity contribution in [3.63, 3.8) is 0 Å². The maximum Gasteiger partial charge on any atom is 0.278 e. The third-order valence-electron chi connectivity index (χ3n) is 5.55. The van der Waals surface area contributed by atoms with Gasteiger partial charge in [0.1, 0.15) is 5.69 Å². The molecule has 0 N–H and O–H groups in total. The van der Waals surface area contributed by atoms with Gasteiger partial charge in [0.05, 0.1) is 10.6 Å². The van der Waals surface area contributed by atoms with Crippen LogP contribution in [0.25, 0.3) is 5.69 Å². The van der Waals surface area contributed by atoms with Crippen LogP contribution in [0, 0.1) is 0 Å². The van der Waals surface area contributed by atoms with E-state index in [0.717, 1.165) is 5.56 Å². The van der Waals surface area contributed by atoms with Crippen molar-refractivity contribution in [3.05, 3.63) is 82.3 Å². The van der Waals surface area contributed by atoms with Crippen molar-refractivity contribution in [2.75, 3.05) is 24.5 Å². The van der Waals surface area contributed by atoms with Crippen molar-refractivity contribution in [1.82, 2.24) is 14.1 Å². The number of rotatable bonds is 6. The molecule has 0 aliphatic carbocycles. The van der Waals surface area contributed by atoms with Crippen LogP contribution >= 0.6 is 0 Å². The lowest BCUT2D eigenvalue weighted by atomic mass is 10.2. The Labute approximate surface area is 186 Å². The molecule has 2 aromatic carbocycles. The normalized spacial score (nSPS) is 13.4. The molecule has 166 valence electrons. The fourth-order valence-corrected chi connectivity index (χ4v) is 5.39. The van der Waals surface area contributed by atoms with Gasteiger partial charge in [0.15, 0.2) is 0 Å². The minimum atomic E-state index is -3.57. The first kappa shape index (κ1) is 21.9. The highest BCUT2D eigenvalue weighted by Crippen LogP contribution is 2.32. The predicted octanol–water partition coefficient (Wildman–Crippen LogP) is 2.47. The zero-order valence-corrected chi connectivity index (χ0v) is 18.7. The van der Waals surface area contributed by atoms with Gasteiger partial charge in [-0.2, -0.15) is 14.1 Å². The largest absolute Gasteiger partial charge is 0.306 e. The van der Waals surface area contributed by atoms with Gasteiger partial charge in [-0.15, -0.1) is 0 Å². The molecule has 0 radical (unpaired) electrons. The van der Waals surface area contributed by atoms with E-state index in [9.17, 15) is 18.0 Å². The second-order valence-corrected chi connectivity index (χ2v) is 9.33. The number of anilines is 1. The van der Waals surface area contributed by atoms with Gasteiger partial charge in [-0.1, -0.05) is 32.0 Å². The van der Waals surface area contributed by atoms with Gasteiger partial charge in [0.2, 0.25) is 10.0 Å². The van der Waals surface area contributed by atoms with E-state index < -0.39 is 10.0 Å². The number of sulfonamides is 1. The molecule has 0 unspecified atom stereocenters. The summed E-state index contributed by atoms with van der Waals surface area (Å²) in [6.07, 6.45) is 0.543. The first-order chi connectivity index (χ1) is 15.4. The highest BCUT2D eigenvalue weighted by molar-refractivity contribution is 7.89. The molecular formula is C23H24N4O4S. The van der Waals surface area contributed by atoms with E-state index in [1.54, 1.807) is 55.1 Å². The van der Waals surface area contributed by atoms with Crippen LogP contribution in [0.2, 0.25) is 0 Å². The quantitative estimate of drug-likeness (QED) is 0.573. The summed E-state index contributed by atoms with van der Waals surface area (Å²) < 4.78 is 28.3. The molecule has 32 heavy (non-hydrogen) atoms. The predicted molar refractivity (Wildman–Crippen MR) is 122 cm³/mol. The second-order valence-electron chi connectivity index (χ2n) is 7.39. The first-order valence-corrected chi connectivity index (χ1v) is 11.9. The lowest BCUT2D eigenvalue weighted by molar-refractivity contribution is 0.0983. The highest BCUT2D eigenvalue weighted by Gasteiger charge is 2.29. The Balaban J connectivity index is 1.66. The average molecular weight is 453 g/mol. The van der Waals surface area contributed by atoms with Crippen molar-refractivity contribution in [3.8, 4) is 5.69 Å². The Bertz CT molecular complexity index is 1320. The molecular weight excluding hydrogens is 428 g/mol. The molecule has 0 bridgehead atoms. The van der Waals surface area contributed by atoms with Gasteiger partial charge in [-0.25, -0.2) is 8.42 Å². The number of carbonyl (C=O) groups excluding carboxylic acids is 1. The van der Waals surface area contributed by atoms with Crippen LogP contribution in [0.4, 0.5) is 5.69 Å². The van der Waals surface area contributed by atoms with E-state index in [4.69, 9.17) is 0 Å². The summed E-state index contributed by atoms with van der Waals surface area (Å²) in [4.78, 5) is 27.3. The fourth-order valence-electron chi connectivity index (χ4n) is 3.88. The number of amides is 1. The molecule has 1 aliphatic rings. The summed E-state index contributed by atoms with van der Waals surface area (Å²) in [5.74, 6) is -0.340. The molecule has 0 saturated carbocycles. The van der Waals surface area contributed by atoms with Gasteiger partial charge >= 0.3 is 0 Å². The standard InChI is InChI=1S/C23H24N4O4S/c1-3-25(4-2)32(30,31)19-10-12-21-17(16-19)14-15-26(21)23(29)20-11-13-22(28)27(24-20)18-8-6-5-7-9-18/h5-13,16H,3-4,14-15H2,1-2H3. The zero-order valence-electron chi connectivity index (χ0n) is 17.9. The monoisotopic (exact) mass is 452 g/mol. The molecule has 4 rings (SSSR count). The first-order valence-electron chi connectivity index (χ1n) is 10.5. The minimum Gasteiger partial charge on any atom is -0.306 e. The third kappa shape index (κ3) is 3.85. The summed E-state index contributed by atoms with van der Waals surface area (Å²) in [5.41, 5.74) is 1.83. The molecule has 0 saturated heterocycles. The van der Waals surface area contributed by atoms with E-state index >= 15 is 0 Å². The summed E-state index contributed by atoms with van der Waals surface area (Å²) in [6.45, 7) is 4.80. The SMILES string of the molecule is CCN(CC)S(=O)(=O)c1ccc2c(c1)CCN2C(=O)c1ccc(=O)n(-c2ccccc2)n1. The van der Waals surface area contributed by atoms with Crippen molar-refractivity contribution in [1.29, 1.82) is 0 Å². The smallest absolute Gasteiger partial charge is 0.278 e. The number of benzene rings is 2. The van der Waals surface area contributed by atoms with Gasteiger partial charge in [-0.05, 0) is 48.4 Å². The Morgan fingerprint density at radius 3 is 2.44 bits per heavy atom. The Morgan fingerprint density at radius 1 is 1.03 bits per heavy atom. The van der Waals surface area contributed by atoms with Crippen molar-refractivity contribution >= 4 is 21.6 Å². The molecule has 0 fully saturated rings. The van der Waals surface area contributed by atoms with Crippen LogP contribution in [0.15, 0.2) is 70.4 Å². The Kier molecular flexibility index (Phi) is 5.94.